The van der Waals surface area contributed by atoms with Crippen molar-refractivity contribution in [3.8, 4) is 5.69 Å². The molecule has 0 radical (unpaired) electrons. The Bertz CT molecular complexity index is 1270. The molecule has 1 unspecified atom stereocenters. The van der Waals surface area contributed by atoms with Crippen molar-refractivity contribution in [2.45, 2.75) is 13.0 Å². The first kappa shape index (κ1) is 20.0. The number of halogens is 1. The molecule has 0 fully saturated rings. The molecular formula is C24H20BrN3O2. The number of carbonyl (C=O) groups excluding carboxylic acids is 1. The molecule has 1 atom stereocenters. The summed E-state index contributed by atoms with van der Waals surface area (Å²) in [4.78, 5) is 32.8. The molecule has 0 spiro atoms. The van der Waals surface area contributed by atoms with Crippen LogP contribution in [0.1, 0.15) is 29.1 Å². The molecule has 5 nitrogen and oxygen atoms in total. The van der Waals surface area contributed by atoms with E-state index in [1.165, 1.54) is 0 Å². The lowest BCUT2D eigenvalue weighted by Gasteiger charge is -2.27. The van der Waals surface area contributed by atoms with Gasteiger partial charge in [0, 0.05) is 17.1 Å². The number of aromatic nitrogens is 2. The molecule has 1 heterocycles. The fourth-order valence-electron chi connectivity index (χ4n) is 3.40. The summed E-state index contributed by atoms with van der Waals surface area (Å²) >= 11 is 3.44. The zero-order valence-electron chi connectivity index (χ0n) is 16.6. The standard InChI is InChI=1S/C24H20BrN3O2/c1-16(27(2)23(29)17-8-4-3-5-9-17)22-26-21-11-7-6-10-20(21)24(30)28(22)19-14-12-18(25)13-15-19/h3-16H,1-2H3. The van der Waals surface area contributed by atoms with Crippen LogP contribution in [0.25, 0.3) is 16.6 Å². The van der Waals surface area contributed by atoms with Crippen LogP contribution < -0.4 is 5.56 Å². The van der Waals surface area contributed by atoms with Crippen molar-refractivity contribution in [3.63, 3.8) is 0 Å². The number of carbonyl (C=O) groups is 1. The van der Waals surface area contributed by atoms with Gasteiger partial charge in [-0.25, -0.2) is 4.98 Å². The lowest BCUT2D eigenvalue weighted by atomic mass is 10.1. The van der Waals surface area contributed by atoms with E-state index in [0.717, 1.165) is 4.47 Å². The van der Waals surface area contributed by atoms with Gasteiger partial charge in [-0.05, 0) is 55.5 Å². The smallest absolute Gasteiger partial charge is 0.266 e. The van der Waals surface area contributed by atoms with Gasteiger partial charge >= 0.3 is 0 Å². The highest BCUT2D eigenvalue weighted by atomic mass is 79.9. The second-order valence-corrected chi connectivity index (χ2v) is 7.98. The molecule has 4 aromatic rings. The van der Waals surface area contributed by atoms with Crippen molar-refractivity contribution in [3.05, 3.63) is 105 Å². The first-order valence-corrected chi connectivity index (χ1v) is 10.4. The molecule has 0 N–H and O–H groups in total. The van der Waals surface area contributed by atoms with Gasteiger partial charge in [0.05, 0.1) is 22.6 Å². The van der Waals surface area contributed by atoms with Gasteiger partial charge in [-0.1, -0.05) is 46.3 Å². The van der Waals surface area contributed by atoms with Gasteiger partial charge < -0.3 is 4.90 Å². The minimum atomic E-state index is -0.432. The van der Waals surface area contributed by atoms with Gasteiger partial charge in [0.15, 0.2) is 0 Å². The Morgan fingerprint density at radius 2 is 1.60 bits per heavy atom. The van der Waals surface area contributed by atoms with Gasteiger partial charge in [-0.3, -0.25) is 14.2 Å². The lowest BCUT2D eigenvalue weighted by molar-refractivity contribution is 0.0735. The molecule has 3 aromatic carbocycles. The van der Waals surface area contributed by atoms with Gasteiger partial charge in [0.25, 0.3) is 11.5 Å². The number of hydrogen-bond acceptors (Lipinski definition) is 3. The normalized spacial score (nSPS) is 12.0. The molecule has 30 heavy (non-hydrogen) atoms. The molecule has 0 aliphatic carbocycles. The first-order valence-electron chi connectivity index (χ1n) is 9.57. The van der Waals surface area contributed by atoms with Gasteiger partial charge in [-0.15, -0.1) is 0 Å². The minimum Gasteiger partial charge on any atom is -0.332 e. The van der Waals surface area contributed by atoms with Crippen LogP contribution in [0.4, 0.5) is 0 Å². The number of benzene rings is 3. The first-order chi connectivity index (χ1) is 14.5. The summed E-state index contributed by atoms with van der Waals surface area (Å²) in [5.74, 6) is 0.376. The largest absolute Gasteiger partial charge is 0.332 e. The second-order valence-electron chi connectivity index (χ2n) is 7.06. The summed E-state index contributed by atoms with van der Waals surface area (Å²) in [6, 6.07) is 23.4. The van der Waals surface area contributed by atoms with Crippen molar-refractivity contribution >= 4 is 32.7 Å². The van der Waals surface area contributed by atoms with E-state index in [4.69, 9.17) is 4.98 Å². The van der Waals surface area contributed by atoms with Crippen LogP contribution in [-0.2, 0) is 0 Å². The van der Waals surface area contributed by atoms with Crippen molar-refractivity contribution in [1.29, 1.82) is 0 Å². The molecule has 1 aromatic heterocycles. The highest BCUT2D eigenvalue weighted by Gasteiger charge is 2.24. The molecule has 0 bridgehead atoms. The van der Waals surface area contributed by atoms with Crippen LogP contribution in [0, 0.1) is 0 Å². The van der Waals surface area contributed by atoms with Crippen LogP contribution in [0.15, 0.2) is 88.1 Å². The Hall–Kier alpha value is -3.25. The fourth-order valence-corrected chi connectivity index (χ4v) is 3.67. The molecule has 6 heteroatoms. The van der Waals surface area contributed by atoms with Crippen LogP contribution in [0.3, 0.4) is 0 Å². The Morgan fingerprint density at radius 3 is 2.30 bits per heavy atom. The molecule has 0 aliphatic rings. The summed E-state index contributed by atoms with van der Waals surface area (Å²) in [5.41, 5.74) is 1.73. The van der Waals surface area contributed by atoms with Crippen molar-refractivity contribution in [2.75, 3.05) is 7.05 Å². The van der Waals surface area contributed by atoms with Gasteiger partial charge in [0.2, 0.25) is 0 Å². The third-order valence-electron chi connectivity index (χ3n) is 5.18. The maximum atomic E-state index is 13.4. The van der Waals surface area contributed by atoms with E-state index in [1.54, 1.807) is 34.7 Å². The molecular weight excluding hydrogens is 442 g/mol. The predicted octanol–water partition coefficient (Wildman–Crippen LogP) is 4.98. The molecule has 150 valence electrons. The number of fused-ring (bicyclic) bond motifs is 1. The summed E-state index contributed by atoms with van der Waals surface area (Å²) in [6.45, 7) is 1.88. The highest BCUT2D eigenvalue weighted by molar-refractivity contribution is 9.10. The van der Waals surface area contributed by atoms with Crippen LogP contribution in [0.5, 0.6) is 0 Å². The zero-order chi connectivity index (χ0) is 21.3. The minimum absolute atomic E-state index is 0.132. The van der Waals surface area contributed by atoms with E-state index in [-0.39, 0.29) is 11.5 Å². The predicted molar refractivity (Wildman–Crippen MR) is 122 cm³/mol. The van der Waals surface area contributed by atoms with Crippen LogP contribution >= 0.6 is 15.9 Å². The van der Waals surface area contributed by atoms with Gasteiger partial charge in [0.1, 0.15) is 5.82 Å². The highest BCUT2D eigenvalue weighted by Crippen LogP contribution is 2.24. The maximum absolute atomic E-state index is 13.4. The lowest BCUT2D eigenvalue weighted by Crippen LogP contribution is -2.34. The Morgan fingerprint density at radius 1 is 0.967 bits per heavy atom. The van der Waals surface area contributed by atoms with E-state index >= 15 is 0 Å². The fraction of sp³-hybridized carbons (Fsp3) is 0.125. The average molecular weight is 462 g/mol. The van der Waals surface area contributed by atoms with Crippen molar-refractivity contribution < 1.29 is 4.79 Å². The number of nitrogens with zero attached hydrogens (tertiary/aromatic N) is 3. The van der Waals surface area contributed by atoms with E-state index in [9.17, 15) is 9.59 Å². The third-order valence-corrected chi connectivity index (χ3v) is 5.71. The number of amides is 1. The van der Waals surface area contributed by atoms with Crippen molar-refractivity contribution in [1.82, 2.24) is 14.5 Å². The molecule has 0 saturated heterocycles. The second kappa shape index (κ2) is 8.24. The third kappa shape index (κ3) is 3.66. The van der Waals surface area contributed by atoms with E-state index in [2.05, 4.69) is 15.9 Å². The molecule has 4 rings (SSSR count). The summed E-state index contributed by atoms with van der Waals surface area (Å²) in [6.07, 6.45) is 0. The average Bonchev–Trinajstić information content (AvgIpc) is 2.79. The van der Waals surface area contributed by atoms with E-state index in [1.807, 2.05) is 67.6 Å². The maximum Gasteiger partial charge on any atom is 0.266 e. The summed E-state index contributed by atoms with van der Waals surface area (Å²) in [5, 5.41) is 0.536. The SMILES string of the molecule is CC(c1nc2ccccc2c(=O)n1-c1ccc(Br)cc1)N(C)C(=O)c1ccccc1. The van der Waals surface area contributed by atoms with Crippen molar-refractivity contribution in [2.24, 2.45) is 0 Å². The Kier molecular flexibility index (Phi) is 5.50. The molecule has 1 amide bonds. The number of para-hydroxylation sites is 1. The van der Waals surface area contributed by atoms with Crippen LogP contribution in [0.2, 0.25) is 0 Å². The monoisotopic (exact) mass is 461 g/mol. The zero-order valence-corrected chi connectivity index (χ0v) is 18.2. The number of rotatable bonds is 4. The Labute approximate surface area is 182 Å². The number of hydrogen-bond donors (Lipinski definition) is 0. The van der Waals surface area contributed by atoms with E-state index < -0.39 is 6.04 Å². The van der Waals surface area contributed by atoms with E-state index in [0.29, 0.717) is 28.0 Å². The Balaban J connectivity index is 1.88. The molecule has 0 saturated carbocycles. The quantitative estimate of drug-likeness (QED) is 0.430. The van der Waals surface area contributed by atoms with Crippen LogP contribution in [-0.4, -0.2) is 27.4 Å². The topological polar surface area (TPSA) is 55.2 Å². The molecule has 0 aliphatic heterocycles. The van der Waals surface area contributed by atoms with Gasteiger partial charge in [-0.2, -0.15) is 0 Å². The summed E-state index contributed by atoms with van der Waals surface area (Å²) < 4.78 is 2.51. The summed E-state index contributed by atoms with van der Waals surface area (Å²) in [7, 11) is 1.73.